The molecule has 2 aromatic carbocycles. The standard InChI is InChI=1S/C30H29N7O2/c1-35-29(39)26-27(31-21-8-3-2-4-9-21)36(34-28(26)37-24-12-6-5-10-23(24)33-30(35)37)18-19-14-16-20(17-15-19)22-11-7-13-25(38)32-22/h2-4,7-9,11,13-17,23-24,31H,5-6,10,12,18H2,1H3,(H,32,38)/t23-,24+/m1/s1. The number of aromatic amines is 1. The molecule has 0 radical (unpaired) electrons. The Morgan fingerprint density at radius 2 is 1.74 bits per heavy atom. The van der Waals surface area contributed by atoms with E-state index in [4.69, 9.17) is 10.1 Å². The maximum absolute atomic E-state index is 13.8. The van der Waals surface area contributed by atoms with Gasteiger partial charge in [0.1, 0.15) is 11.4 Å². The number of fused-ring (bicyclic) bond motifs is 5. The molecule has 4 heterocycles. The van der Waals surface area contributed by atoms with E-state index in [1.165, 1.54) is 12.5 Å². The van der Waals surface area contributed by atoms with E-state index in [9.17, 15) is 9.59 Å². The summed E-state index contributed by atoms with van der Waals surface area (Å²) in [5.41, 5.74) is 4.06. The molecular weight excluding hydrogens is 490 g/mol. The number of pyridine rings is 1. The van der Waals surface area contributed by atoms with Gasteiger partial charge in [-0.1, -0.05) is 61.4 Å². The van der Waals surface area contributed by atoms with Crippen LogP contribution in [0.15, 0.2) is 82.6 Å². The van der Waals surface area contributed by atoms with E-state index < -0.39 is 0 Å². The molecule has 0 unspecified atom stereocenters. The maximum Gasteiger partial charge on any atom is 0.267 e. The first-order valence-corrected chi connectivity index (χ1v) is 13.4. The lowest BCUT2D eigenvalue weighted by atomic mass is 9.90. The molecule has 2 aromatic heterocycles. The van der Waals surface area contributed by atoms with Crippen molar-refractivity contribution in [2.75, 3.05) is 17.3 Å². The number of aromatic nitrogens is 3. The van der Waals surface area contributed by atoms with E-state index in [1.54, 1.807) is 11.0 Å². The first-order valence-electron chi connectivity index (χ1n) is 13.4. The van der Waals surface area contributed by atoms with Crippen molar-refractivity contribution in [2.24, 2.45) is 4.99 Å². The molecule has 9 nitrogen and oxygen atoms in total. The van der Waals surface area contributed by atoms with Crippen LogP contribution in [0.4, 0.5) is 17.3 Å². The third-order valence-corrected chi connectivity index (χ3v) is 7.91. The zero-order valence-corrected chi connectivity index (χ0v) is 21.7. The number of nitrogens with one attached hydrogen (secondary N) is 2. The number of hydrogen-bond donors (Lipinski definition) is 2. The molecule has 196 valence electrons. The van der Waals surface area contributed by atoms with Crippen LogP contribution in [-0.2, 0) is 6.54 Å². The summed E-state index contributed by atoms with van der Waals surface area (Å²) in [4.78, 5) is 37.2. The average molecular weight is 520 g/mol. The maximum atomic E-state index is 13.8. The van der Waals surface area contributed by atoms with Crippen molar-refractivity contribution in [1.29, 1.82) is 0 Å². The van der Waals surface area contributed by atoms with Crippen LogP contribution in [0, 0.1) is 0 Å². The van der Waals surface area contributed by atoms with Crippen molar-refractivity contribution >= 4 is 29.2 Å². The van der Waals surface area contributed by atoms with Gasteiger partial charge in [-0.25, -0.2) is 9.67 Å². The third kappa shape index (κ3) is 4.01. The van der Waals surface area contributed by atoms with Crippen LogP contribution in [0.3, 0.4) is 0 Å². The second kappa shape index (κ2) is 9.27. The van der Waals surface area contributed by atoms with Crippen LogP contribution in [0.1, 0.15) is 41.6 Å². The monoisotopic (exact) mass is 519 g/mol. The van der Waals surface area contributed by atoms with Gasteiger partial charge in [-0.3, -0.25) is 19.4 Å². The summed E-state index contributed by atoms with van der Waals surface area (Å²) in [5.74, 6) is 1.96. The highest BCUT2D eigenvalue weighted by Crippen LogP contribution is 2.42. The number of aliphatic imine (C=N–C) groups is 1. The van der Waals surface area contributed by atoms with Crippen LogP contribution in [0.25, 0.3) is 11.3 Å². The van der Waals surface area contributed by atoms with Crippen LogP contribution in [-0.4, -0.2) is 50.7 Å². The number of anilines is 3. The Hall–Kier alpha value is -4.66. The topological polar surface area (TPSA) is 98.6 Å². The van der Waals surface area contributed by atoms with E-state index in [1.807, 2.05) is 72.4 Å². The predicted octanol–water partition coefficient (Wildman–Crippen LogP) is 4.60. The molecule has 4 aromatic rings. The van der Waals surface area contributed by atoms with E-state index in [0.29, 0.717) is 29.7 Å². The summed E-state index contributed by atoms with van der Waals surface area (Å²) in [6, 6.07) is 23.5. The number of H-pyrrole nitrogens is 1. The summed E-state index contributed by atoms with van der Waals surface area (Å²) >= 11 is 0. The molecule has 39 heavy (non-hydrogen) atoms. The molecular formula is C30H29N7O2. The molecule has 0 spiro atoms. The minimum Gasteiger partial charge on any atom is -0.340 e. The van der Waals surface area contributed by atoms with Crippen LogP contribution < -0.4 is 15.8 Å². The minimum atomic E-state index is -0.130. The van der Waals surface area contributed by atoms with E-state index in [2.05, 4.69) is 15.2 Å². The second-order valence-electron chi connectivity index (χ2n) is 10.4. The highest BCUT2D eigenvalue weighted by Gasteiger charge is 2.48. The van der Waals surface area contributed by atoms with Gasteiger partial charge in [-0.2, -0.15) is 5.10 Å². The third-order valence-electron chi connectivity index (χ3n) is 7.91. The van der Waals surface area contributed by atoms with Gasteiger partial charge in [0.05, 0.1) is 18.6 Å². The normalized spacial score (nSPS) is 19.8. The molecule has 7 rings (SSSR count). The van der Waals surface area contributed by atoms with E-state index >= 15 is 0 Å². The Labute approximate surface area is 225 Å². The smallest absolute Gasteiger partial charge is 0.267 e. The minimum absolute atomic E-state index is 0.105. The molecule has 0 bridgehead atoms. The summed E-state index contributed by atoms with van der Waals surface area (Å²) in [6.07, 6.45) is 4.40. The van der Waals surface area contributed by atoms with Gasteiger partial charge in [0.15, 0.2) is 5.82 Å². The molecule has 1 aliphatic carbocycles. The fourth-order valence-electron chi connectivity index (χ4n) is 5.95. The number of carbonyl (C=O) groups excluding carboxylic acids is 1. The molecule has 1 fully saturated rings. The molecule has 0 saturated heterocycles. The zero-order chi connectivity index (χ0) is 26.5. The first-order chi connectivity index (χ1) is 19.1. The summed E-state index contributed by atoms with van der Waals surface area (Å²) in [6.45, 7) is 0.471. The number of rotatable bonds is 5. The fraction of sp³-hybridized carbons (Fsp3) is 0.267. The zero-order valence-electron chi connectivity index (χ0n) is 21.7. The van der Waals surface area contributed by atoms with Gasteiger partial charge < -0.3 is 10.3 Å². The van der Waals surface area contributed by atoms with Crippen LogP contribution in [0.5, 0.6) is 0 Å². The van der Waals surface area contributed by atoms with Crippen LogP contribution in [0.2, 0.25) is 0 Å². The lowest BCUT2D eigenvalue weighted by Crippen LogP contribution is -2.52. The van der Waals surface area contributed by atoms with Gasteiger partial charge in [0.25, 0.3) is 5.91 Å². The fourth-order valence-corrected chi connectivity index (χ4v) is 5.95. The lowest BCUT2D eigenvalue weighted by Gasteiger charge is -2.36. The molecule has 1 amide bonds. The quantitative estimate of drug-likeness (QED) is 0.402. The number of hydrogen-bond acceptors (Lipinski definition) is 6. The number of amides is 1. The van der Waals surface area contributed by atoms with Crippen molar-refractivity contribution in [3.05, 3.63) is 94.3 Å². The van der Waals surface area contributed by atoms with Gasteiger partial charge in [-0.15, -0.1) is 0 Å². The highest BCUT2D eigenvalue weighted by molar-refractivity contribution is 6.21. The summed E-state index contributed by atoms with van der Waals surface area (Å²) in [7, 11) is 1.81. The Balaban J connectivity index is 1.30. The summed E-state index contributed by atoms with van der Waals surface area (Å²) in [5, 5.41) is 8.55. The molecule has 1 saturated carbocycles. The number of carbonyl (C=O) groups is 1. The Bertz CT molecular complexity index is 1640. The Morgan fingerprint density at radius 1 is 0.949 bits per heavy atom. The highest BCUT2D eigenvalue weighted by atomic mass is 16.2. The van der Waals surface area contributed by atoms with Crippen LogP contribution >= 0.6 is 0 Å². The van der Waals surface area contributed by atoms with Crippen molar-refractivity contribution < 1.29 is 4.79 Å². The SMILES string of the molecule is CN1C(=O)c2c(nn(Cc3ccc(-c4cccc(=O)[nH]4)cc3)c2Nc2ccccc2)N2C1=N[C@@H]1CCCC[C@@H]12. The summed E-state index contributed by atoms with van der Waals surface area (Å²) < 4.78 is 1.89. The van der Waals surface area contributed by atoms with Crippen molar-refractivity contribution in [1.82, 2.24) is 19.7 Å². The predicted molar refractivity (Wildman–Crippen MR) is 152 cm³/mol. The largest absolute Gasteiger partial charge is 0.340 e. The second-order valence-corrected chi connectivity index (χ2v) is 10.4. The molecule has 9 heteroatoms. The van der Waals surface area contributed by atoms with E-state index in [-0.39, 0.29) is 23.6 Å². The molecule has 2 aliphatic heterocycles. The Kier molecular flexibility index (Phi) is 5.57. The number of benzene rings is 2. The van der Waals surface area contributed by atoms with E-state index in [0.717, 1.165) is 41.8 Å². The van der Waals surface area contributed by atoms with Gasteiger partial charge in [0, 0.05) is 24.5 Å². The van der Waals surface area contributed by atoms with Crippen molar-refractivity contribution in [3.63, 3.8) is 0 Å². The van der Waals surface area contributed by atoms with Gasteiger partial charge in [-0.05, 0) is 42.2 Å². The first kappa shape index (κ1) is 23.5. The van der Waals surface area contributed by atoms with Crippen molar-refractivity contribution in [2.45, 2.75) is 44.3 Å². The Morgan fingerprint density at radius 3 is 2.54 bits per heavy atom. The number of guanidine groups is 1. The van der Waals surface area contributed by atoms with Crippen molar-refractivity contribution in [3.8, 4) is 11.3 Å². The number of nitrogens with zero attached hydrogens (tertiary/aromatic N) is 5. The molecule has 2 atom stereocenters. The average Bonchev–Trinajstić information content (AvgIpc) is 3.51. The number of para-hydroxylation sites is 1. The lowest BCUT2D eigenvalue weighted by molar-refractivity contribution is 0.0866. The van der Waals surface area contributed by atoms with Gasteiger partial charge in [0.2, 0.25) is 11.5 Å². The van der Waals surface area contributed by atoms with Gasteiger partial charge >= 0.3 is 0 Å². The molecule has 2 N–H and O–H groups in total. The molecule has 3 aliphatic rings.